The molecule has 1 aliphatic rings. The number of hydrogen-bond acceptors (Lipinski definition) is 1. The van der Waals surface area contributed by atoms with E-state index in [9.17, 15) is 0 Å². The van der Waals surface area contributed by atoms with Crippen molar-refractivity contribution in [2.24, 2.45) is 0 Å². The normalized spacial score (nSPS) is 12.2. The summed E-state index contributed by atoms with van der Waals surface area (Å²) >= 11 is 2.02. The molecule has 2 aromatic rings. The Kier molecular flexibility index (Phi) is 19.1. The van der Waals surface area contributed by atoms with Gasteiger partial charge in [-0.3, -0.25) is 0 Å². The minimum absolute atomic E-state index is 0.873. The van der Waals surface area contributed by atoms with Crippen molar-refractivity contribution < 1.29 is 0 Å². The maximum Gasteiger partial charge on any atom is 0.00909 e. The van der Waals surface area contributed by atoms with Gasteiger partial charge in [-0.15, -0.1) is 11.8 Å². The molecule has 1 fully saturated rings. The molecule has 0 aromatic heterocycles. The van der Waals surface area contributed by atoms with E-state index >= 15 is 0 Å². The quantitative estimate of drug-likeness (QED) is 0.330. The summed E-state index contributed by atoms with van der Waals surface area (Å²) in [6.07, 6.45) is 12.1. The van der Waals surface area contributed by atoms with Crippen LogP contribution in [0, 0.1) is 20.8 Å². The van der Waals surface area contributed by atoms with Crippen molar-refractivity contribution in [2.45, 2.75) is 105 Å². The Labute approximate surface area is 223 Å². The molecule has 0 radical (unpaired) electrons. The Balaban J connectivity index is 0.000000491. The number of hydrogen-bond donors (Lipinski definition) is 0. The summed E-state index contributed by atoms with van der Waals surface area (Å²) in [6, 6.07) is 14.9. The fraction of sp³-hybridized carbons (Fsp3) is 0.471. The predicted molar refractivity (Wildman–Crippen MR) is 166 cm³/mol. The van der Waals surface area contributed by atoms with Crippen molar-refractivity contribution in [1.82, 2.24) is 0 Å². The van der Waals surface area contributed by atoms with Crippen molar-refractivity contribution in [1.29, 1.82) is 0 Å². The largest absolute Gasteiger partial charge is 0.128 e. The van der Waals surface area contributed by atoms with E-state index in [2.05, 4.69) is 96.8 Å². The van der Waals surface area contributed by atoms with Crippen LogP contribution in [0.1, 0.15) is 100 Å². The molecule has 1 aliphatic carbocycles. The summed E-state index contributed by atoms with van der Waals surface area (Å²) in [6.45, 7) is 26.6. The third-order valence-electron chi connectivity index (χ3n) is 6.18. The molecule has 1 heteroatoms. The molecular weight excluding hydrogens is 440 g/mol. The van der Waals surface area contributed by atoms with Crippen molar-refractivity contribution in [3.05, 3.63) is 100 Å². The molecule has 0 unspecified atom stereocenters. The van der Waals surface area contributed by atoms with Crippen LogP contribution in [0.15, 0.2) is 72.7 Å². The number of aryl methyl sites for hydroxylation is 4. The van der Waals surface area contributed by atoms with E-state index < -0.39 is 0 Å². The Morgan fingerprint density at radius 1 is 0.914 bits per heavy atom. The van der Waals surface area contributed by atoms with Crippen molar-refractivity contribution in [3.8, 4) is 0 Å². The molecule has 1 saturated carbocycles. The molecule has 2 aromatic carbocycles. The van der Waals surface area contributed by atoms with Gasteiger partial charge in [-0.05, 0) is 86.5 Å². The number of thioether (sulfide) groups is 1. The first-order valence-corrected chi connectivity index (χ1v) is 14.4. The summed E-state index contributed by atoms with van der Waals surface area (Å²) < 4.78 is 0. The lowest BCUT2D eigenvalue weighted by atomic mass is 10.1. The minimum Gasteiger partial charge on any atom is -0.128 e. The van der Waals surface area contributed by atoms with Gasteiger partial charge in [0.1, 0.15) is 0 Å². The van der Waals surface area contributed by atoms with E-state index in [-0.39, 0.29) is 0 Å². The average molecular weight is 493 g/mol. The summed E-state index contributed by atoms with van der Waals surface area (Å²) in [5.74, 6) is 0. The van der Waals surface area contributed by atoms with E-state index in [1.807, 2.05) is 31.7 Å². The zero-order valence-electron chi connectivity index (χ0n) is 23.9. The van der Waals surface area contributed by atoms with Gasteiger partial charge in [0.2, 0.25) is 0 Å². The van der Waals surface area contributed by atoms with E-state index in [0.717, 1.165) is 30.9 Å². The molecule has 0 bridgehead atoms. The van der Waals surface area contributed by atoms with Gasteiger partial charge in [0, 0.05) is 5.25 Å². The lowest BCUT2D eigenvalue weighted by molar-refractivity contribution is 0.886. The number of rotatable bonds is 8. The van der Waals surface area contributed by atoms with Crippen LogP contribution in [-0.2, 0) is 6.42 Å². The van der Waals surface area contributed by atoms with Crippen LogP contribution < -0.4 is 0 Å². The highest BCUT2D eigenvalue weighted by atomic mass is 32.2. The van der Waals surface area contributed by atoms with Gasteiger partial charge in [-0.25, -0.2) is 0 Å². The highest BCUT2D eigenvalue weighted by Gasteiger charge is 2.16. The second-order valence-electron chi connectivity index (χ2n) is 9.01. The second kappa shape index (κ2) is 20.2. The Hall–Kier alpha value is -1.99. The van der Waals surface area contributed by atoms with Crippen LogP contribution in [0.3, 0.4) is 0 Å². The van der Waals surface area contributed by atoms with Crippen molar-refractivity contribution in [3.63, 3.8) is 0 Å². The number of allylic oxidation sites excluding steroid dienone is 2. The monoisotopic (exact) mass is 492 g/mol. The summed E-state index contributed by atoms with van der Waals surface area (Å²) in [4.78, 5) is 1.37. The zero-order chi connectivity index (χ0) is 26.6. The van der Waals surface area contributed by atoms with Crippen LogP contribution >= 0.6 is 11.8 Å². The maximum atomic E-state index is 4.15. The molecule has 0 nitrogen and oxygen atoms in total. The van der Waals surface area contributed by atoms with E-state index in [4.69, 9.17) is 0 Å². The van der Waals surface area contributed by atoms with Crippen molar-refractivity contribution in [2.75, 3.05) is 0 Å². The molecule has 35 heavy (non-hydrogen) atoms. The summed E-state index contributed by atoms with van der Waals surface area (Å²) in [7, 11) is 0. The van der Waals surface area contributed by atoms with Gasteiger partial charge in [0.05, 0.1) is 0 Å². The third-order valence-corrected chi connectivity index (χ3v) is 7.52. The lowest BCUT2D eigenvalue weighted by Gasteiger charge is -2.11. The van der Waals surface area contributed by atoms with Gasteiger partial charge < -0.3 is 0 Å². The molecule has 0 spiro atoms. The molecule has 0 aliphatic heterocycles. The standard InChI is InChI=1S/C13H22S.C10H12.C9H12.C2H6/c1-4-11(2)9-10-12(3)14-13-7-5-6-8-13;1-4-10-6-5-8(2)7-9(10)3;1-3-9-7-5-4-6-8(9)2;1-2/h13H,2-10H2,1H3;4-7H,1H2,2-3H3;4-7H,3H2,1-2H3;1-2H3. The molecule has 0 heterocycles. The first-order chi connectivity index (χ1) is 16.8. The van der Waals surface area contributed by atoms with Crippen LogP contribution in [0.5, 0.6) is 0 Å². The smallest absolute Gasteiger partial charge is 0.00909 e. The second-order valence-corrected chi connectivity index (χ2v) is 10.5. The van der Waals surface area contributed by atoms with Crippen LogP contribution in [-0.4, -0.2) is 5.25 Å². The molecule has 0 N–H and O–H groups in total. The number of benzene rings is 2. The van der Waals surface area contributed by atoms with Crippen molar-refractivity contribution >= 4 is 17.8 Å². The molecule has 0 amide bonds. The van der Waals surface area contributed by atoms with Crippen LogP contribution in [0.25, 0.3) is 6.08 Å². The molecule has 3 rings (SSSR count). The first kappa shape index (κ1) is 33.0. The van der Waals surface area contributed by atoms with Gasteiger partial charge in [0.15, 0.2) is 0 Å². The Bertz CT molecular complexity index is 868. The summed E-state index contributed by atoms with van der Waals surface area (Å²) in [5.41, 5.74) is 8.05. The Morgan fingerprint density at radius 3 is 2.03 bits per heavy atom. The molecule has 0 saturated heterocycles. The van der Waals surface area contributed by atoms with E-state index in [1.165, 1.54) is 64.0 Å². The highest BCUT2D eigenvalue weighted by Crippen LogP contribution is 2.35. The summed E-state index contributed by atoms with van der Waals surface area (Å²) in [5, 5.41) is 0.873. The molecule has 194 valence electrons. The topological polar surface area (TPSA) is 0 Å². The Morgan fingerprint density at radius 2 is 1.54 bits per heavy atom. The maximum absolute atomic E-state index is 4.15. The van der Waals surface area contributed by atoms with Crippen LogP contribution in [0.2, 0.25) is 0 Å². The molecule has 0 atom stereocenters. The van der Waals surface area contributed by atoms with Gasteiger partial charge in [0.25, 0.3) is 0 Å². The van der Waals surface area contributed by atoms with Gasteiger partial charge in [-0.1, -0.05) is 120 Å². The first-order valence-electron chi connectivity index (χ1n) is 13.6. The van der Waals surface area contributed by atoms with Gasteiger partial charge >= 0.3 is 0 Å². The highest BCUT2D eigenvalue weighted by molar-refractivity contribution is 8.03. The SMILES string of the molecule is C=C(CC)CCC(=C)SC1CCCC1.C=Cc1ccc(C)cc1C.CC.CCc1ccccc1C. The molecular formula is C34H52S. The van der Waals surface area contributed by atoms with E-state index in [0.29, 0.717) is 0 Å². The van der Waals surface area contributed by atoms with Gasteiger partial charge in [-0.2, -0.15) is 0 Å². The van der Waals surface area contributed by atoms with E-state index in [1.54, 1.807) is 0 Å². The fourth-order valence-electron chi connectivity index (χ4n) is 3.86. The predicted octanol–water partition coefficient (Wildman–Crippen LogP) is 11.5. The lowest BCUT2D eigenvalue weighted by Crippen LogP contribution is -1.94. The minimum atomic E-state index is 0.873. The third kappa shape index (κ3) is 14.9. The zero-order valence-corrected chi connectivity index (χ0v) is 24.7. The average Bonchev–Trinajstić information content (AvgIpc) is 3.38. The fourth-order valence-corrected chi connectivity index (χ4v) is 5.12. The van der Waals surface area contributed by atoms with Crippen LogP contribution in [0.4, 0.5) is 0 Å².